The largest absolute Gasteiger partial charge is 0.478 e. The molecule has 4 heterocycles. The number of aromatic nitrogens is 2. The summed E-state index contributed by atoms with van der Waals surface area (Å²) in [5.41, 5.74) is 3.24. The molecule has 3 aliphatic rings. The van der Waals surface area contributed by atoms with E-state index in [-0.39, 0.29) is 34.7 Å². The molecular formula is C32H27ClFN3O6. The second-order valence-corrected chi connectivity index (χ2v) is 11.5. The van der Waals surface area contributed by atoms with Crippen molar-refractivity contribution in [2.24, 2.45) is 0 Å². The van der Waals surface area contributed by atoms with Gasteiger partial charge in [0.15, 0.2) is 11.5 Å². The Labute approximate surface area is 251 Å². The summed E-state index contributed by atoms with van der Waals surface area (Å²) in [5, 5.41) is 9.78. The van der Waals surface area contributed by atoms with Crippen LogP contribution in [0.2, 0.25) is 5.02 Å². The van der Waals surface area contributed by atoms with Gasteiger partial charge in [-0.2, -0.15) is 0 Å². The predicted molar refractivity (Wildman–Crippen MR) is 156 cm³/mol. The lowest BCUT2D eigenvalue weighted by Gasteiger charge is -2.29. The van der Waals surface area contributed by atoms with Crippen LogP contribution in [0.1, 0.15) is 47.1 Å². The zero-order valence-electron chi connectivity index (χ0n) is 23.2. The van der Waals surface area contributed by atoms with Gasteiger partial charge in [-0.15, -0.1) is 0 Å². The zero-order chi connectivity index (χ0) is 29.9. The van der Waals surface area contributed by atoms with Gasteiger partial charge in [0.25, 0.3) is 5.79 Å². The van der Waals surface area contributed by atoms with Gasteiger partial charge < -0.3 is 28.8 Å². The number of ether oxygens (including phenoxy) is 3. The molecule has 43 heavy (non-hydrogen) atoms. The third-order valence-electron chi connectivity index (χ3n) is 8.19. The van der Waals surface area contributed by atoms with E-state index >= 15 is 0 Å². The molecule has 0 spiro atoms. The SMILES string of the molecule is C[C@]1(c2ccc(Cl)cc2F)Oc2cccc(C3=CC(=O)N(Cc4nc5ccc(C(=O)O)cc5n4C[C@@H]4CCO4)CC3)c2O1. The van der Waals surface area contributed by atoms with E-state index in [1.54, 1.807) is 42.2 Å². The van der Waals surface area contributed by atoms with Crippen LogP contribution in [-0.4, -0.2) is 50.7 Å². The third-order valence-corrected chi connectivity index (χ3v) is 8.43. The number of hydrogen-bond acceptors (Lipinski definition) is 6. The second kappa shape index (κ2) is 10.4. The summed E-state index contributed by atoms with van der Waals surface area (Å²) < 4.78 is 34.7. The van der Waals surface area contributed by atoms with Gasteiger partial charge in [0, 0.05) is 36.7 Å². The van der Waals surface area contributed by atoms with Crippen molar-refractivity contribution in [3.05, 3.63) is 94.0 Å². The second-order valence-electron chi connectivity index (χ2n) is 11.0. The summed E-state index contributed by atoms with van der Waals surface area (Å²) in [4.78, 5) is 31.5. The summed E-state index contributed by atoms with van der Waals surface area (Å²) in [6.07, 6.45) is 3.06. The molecule has 2 atom stereocenters. The number of para-hydroxylation sites is 1. The lowest BCUT2D eigenvalue weighted by atomic mass is 9.98. The fourth-order valence-corrected chi connectivity index (χ4v) is 5.99. The Hall–Kier alpha value is -4.41. The molecule has 0 bridgehead atoms. The standard InChI is InChI=1S/C32H27ClFN3O6/c1-32(23-7-6-20(33)15-24(23)34)42-27-4-2-3-22(30(27)43-32)18-9-11-36(29(38)14-18)17-28-35-25-8-5-19(31(39)40)13-26(25)37(28)16-21-10-12-41-21/h2-8,13-15,21H,9-12,16-17H2,1H3,(H,39,40)/t21-,32-/m0/s1. The minimum atomic E-state index is -1.40. The Bertz CT molecular complexity index is 1830. The summed E-state index contributed by atoms with van der Waals surface area (Å²) in [7, 11) is 0. The van der Waals surface area contributed by atoms with Gasteiger partial charge in [0.1, 0.15) is 11.6 Å². The van der Waals surface area contributed by atoms with Crippen LogP contribution in [0.3, 0.4) is 0 Å². The molecule has 9 nitrogen and oxygen atoms in total. The lowest BCUT2D eigenvalue weighted by molar-refractivity contribution is -0.127. The normalized spacial score (nSPS) is 21.2. The van der Waals surface area contributed by atoms with E-state index in [4.69, 9.17) is 30.8 Å². The number of carbonyl (C=O) groups excluding carboxylic acids is 1. The Morgan fingerprint density at radius 2 is 2.02 bits per heavy atom. The number of halogens is 2. The molecular weight excluding hydrogens is 577 g/mol. The number of nitrogens with zero attached hydrogens (tertiary/aromatic N) is 3. The van der Waals surface area contributed by atoms with Crippen LogP contribution in [0.4, 0.5) is 4.39 Å². The van der Waals surface area contributed by atoms with Gasteiger partial charge in [-0.05, 0) is 60.9 Å². The number of carbonyl (C=O) groups is 2. The van der Waals surface area contributed by atoms with E-state index in [0.717, 1.165) is 12.0 Å². The molecule has 0 saturated carbocycles. The number of amides is 1. The van der Waals surface area contributed by atoms with Crippen LogP contribution >= 0.6 is 11.6 Å². The number of imidazole rings is 1. The summed E-state index contributed by atoms with van der Waals surface area (Å²) in [6, 6.07) is 14.6. The van der Waals surface area contributed by atoms with Crippen molar-refractivity contribution in [3.63, 3.8) is 0 Å². The number of aromatic carboxylic acids is 1. The van der Waals surface area contributed by atoms with E-state index in [0.29, 0.717) is 60.0 Å². The number of carboxylic acids is 1. The number of fused-ring (bicyclic) bond motifs is 2. The van der Waals surface area contributed by atoms with Crippen LogP contribution in [0.25, 0.3) is 16.6 Å². The van der Waals surface area contributed by atoms with Crippen molar-refractivity contribution < 1.29 is 33.3 Å². The molecule has 0 radical (unpaired) electrons. The predicted octanol–water partition coefficient (Wildman–Crippen LogP) is 5.78. The van der Waals surface area contributed by atoms with Crippen molar-refractivity contribution in [2.45, 2.75) is 44.7 Å². The Kier molecular flexibility index (Phi) is 6.63. The Balaban J connectivity index is 1.15. The van der Waals surface area contributed by atoms with Crippen molar-refractivity contribution in [3.8, 4) is 11.5 Å². The first-order valence-corrected chi connectivity index (χ1v) is 14.4. The van der Waals surface area contributed by atoms with Crippen LogP contribution in [0.5, 0.6) is 11.5 Å². The van der Waals surface area contributed by atoms with Gasteiger partial charge in [-0.25, -0.2) is 14.2 Å². The first kappa shape index (κ1) is 27.4. The molecule has 11 heteroatoms. The minimum absolute atomic E-state index is 0.0163. The topological polar surface area (TPSA) is 103 Å². The van der Waals surface area contributed by atoms with Gasteiger partial charge in [0.2, 0.25) is 5.91 Å². The molecule has 1 N–H and O–H groups in total. The maximum Gasteiger partial charge on any atom is 0.335 e. The Morgan fingerprint density at radius 1 is 1.19 bits per heavy atom. The maximum absolute atomic E-state index is 14.8. The van der Waals surface area contributed by atoms with Crippen molar-refractivity contribution in [1.29, 1.82) is 0 Å². The number of carboxylic acid groups (broad SMARTS) is 1. The molecule has 4 aromatic rings. The fraction of sp³-hybridized carbons (Fsp3) is 0.281. The molecule has 1 aromatic heterocycles. The molecule has 1 saturated heterocycles. The molecule has 0 aliphatic carbocycles. The van der Waals surface area contributed by atoms with E-state index < -0.39 is 17.6 Å². The third kappa shape index (κ3) is 4.90. The molecule has 1 fully saturated rings. The summed E-state index contributed by atoms with van der Waals surface area (Å²) in [6.45, 7) is 3.55. The van der Waals surface area contributed by atoms with Gasteiger partial charge >= 0.3 is 5.97 Å². The first-order valence-electron chi connectivity index (χ1n) is 14.0. The molecule has 220 valence electrons. The molecule has 7 rings (SSSR count). The van der Waals surface area contributed by atoms with Crippen molar-refractivity contribution >= 4 is 40.1 Å². The molecule has 0 unspecified atom stereocenters. The highest BCUT2D eigenvalue weighted by molar-refractivity contribution is 6.30. The van der Waals surface area contributed by atoms with E-state index in [1.165, 1.54) is 18.2 Å². The number of benzene rings is 3. The van der Waals surface area contributed by atoms with Gasteiger partial charge in [-0.1, -0.05) is 23.7 Å². The summed E-state index contributed by atoms with van der Waals surface area (Å²) in [5.74, 6) is -1.57. The highest BCUT2D eigenvalue weighted by Gasteiger charge is 2.42. The van der Waals surface area contributed by atoms with Crippen LogP contribution in [0.15, 0.2) is 60.7 Å². The quantitative estimate of drug-likeness (QED) is 0.286. The highest BCUT2D eigenvalue weighted by atomic mass is 35.5. The molecule has 1 amide bonds. The summed E-state index contributed by atoms with van der Waals surface area (Å²) >= 11 is 5.94. The fourth-order valence-electron chi connectivity index (χ4n) is 5.83. The first-order chi connectivity index (χ1) is 20.7. The monoisotopic (exact) mass is 603 g/mol. The van der Waals surface area contributed by atoms with E-state index in [2.05, 4.69) is 0 Å². The van der Waals surface area contributed by atoms with Crippen LogP contribution in [0, 0.1) is 5.82 Å². The van der Waals surface area contributed by atoms with Crippen LogP contribution < -0.4 is 9.47 Å². The smallest absolute Gasteiger partial charge is 0.335 e. The van der Waals surface area contributed by atoms with Crippen molar-refractivity contribution in [1.82, 2.24) is 14.5 Å². The van der Waals surface area contributed by atoms with E-state index in [1.807, 2.05) is 16.7 Å². The Morgan fingerprint density at radius 3 is 2.74 bits per heavy atom. The maximum atomic E-state index is 14.8. The van der Waals surface area contributed by atoms with Gasteiger partial charge in [0.05, 0.1) is 41.4 Å². The molecule has 3 aliphatic heterocycles. The average molecular weight is 604 g/mol. The van der Waals surface area contributed by atoms with Crippen molar-refractivity contribution in [2.75, 3.05) is 13.2 Å². The van der Waals surface area contributed by atoms with E-state index in [9.17, 15) is 19.1 Å². The lowest BCUT2D eigenvalue weighted by Crippen LogP contribution is -2.36. The van der Waals surface area contributed by atoms with Gasteiger partial charge in [-0.3, -0.25) is 4.79 Å². The minimum Gasteiger partial charge on any atom is -0.478 e. The number of hydrogen-bond donors (Lipinski definition) is 1. The molecule has 3 aromatic carbocycles. The average Bonchev–Trinajstić information content (AvgIpc) is 3.47. The highest BCUT2D eigenvalue weighted by Crippen LogP contribution is 2.49. The number of rotatable bonds is 7. The van der Waals surface area contributed by atoms with Crippen LogP contribution in [-0.2, 0) is 28.4 Å². The zero-order valence-corrected chi connectivity index (χ0v) is 23.9.